The molecule has 0 saturated heterocycles. The minimum absolute atomic E-state index is 0.0787. The van der Waals surface area contributed by atoms with Gasteiger partial charge in [0.2, 0.25) is 0 Å². The van der Waals surface area contributed by atoms with Gasteiger partial charge in [-0.25, -0.2) is 4.18 Å². The van der Waals surface area contributed by atoms with Gasteiger partial charge in [0, 0.05) is 0 Å². The van der Waals surface area contributed by atoms with Crippen LogP contribution < -0.4 is 5.73 Å². The highest BCUT2D eigenvalue weighted by atomic mass is 32.3. The zero-order valence-corrected chi connectivity index (χ0v) is 11.3. The molecule has 0 aromatic rings. The second-order valence-corrected chi connectivity index (χ2v) is 5.31. The first-order valence-corrected chi connectivity index (χ1v) is 7.74. The Kier molecular flexibility index (Phi) is 10.8. The van der Waals surface area contributed by atoms with Crippen molar-refractivity contribution >= 4 is 10.4 Å². The van der Waals surface area contributed by atoms with Crippen LogP contribution in [0.3, 0.4) is 0 Å². The summed E-state index contributed by atoms with van der Waals surface area (Å²) in [5.74, 6) is 0. The Labute approximate surface area is 105 Å². The van der Waals surface area contributed by atoms with Gasteiger partial charge in [0.1, 0.15) is 0 Å². The largest absolute Gasteiger partial charge is 0.397 e. The first kappa shape index (κ1) is 16.8. The molecule has 0 aliphatic rings. The third kappa shape index (κ3) is 15.8. The van der Waals surface area contributed by atoms with E-state index < -0.39 is 10.4 Å². The van der Waals surface area contributed by atoms with Crippen LogP contribution in [0, 0.1) is 0 Å². The van der Waals surface area contributed by atoms with Crippen LogP contribution in [0.4, 0.5) is 0 Å². The van der Waals surface area contributed by atoms with E-state index in [0.29, 0.717) is 6.42 Å². The van der Waals surface area contributed by atoms with E-state index in [4.69, 9.17) is 10.3 Å². The monoisotopic (exact) mass is 267 g/mol. The molecule has 0 amide bonds. The van der Waals surface area contributed by atoms with Gasteiger partial charge in [0.15, 0.2) is 0 Å². The van der Waals surface area contributed by atoms with E-state index in [9.17, 15) is 8.42 Å². The molecule has 0 aromatic carbocycles. The summed E-state index contributed by atoms with van der Waals surface area (Å²) in [5, 5.41) is 0. The Morgan fingerprint density at radius 3 is 1.65 bits per heavy atom. The molecule has 0 saturated carbocycles. The van der Waals surface area contributed by atoms with Crippen LogP contribution in [0.25, 0.3) is 0 Å². The molecule has 0 unspecified atom stereocenters. The maximum Gasteiger partial charge on any atom is 0.397 e. The van der Waals surface area contributed by atoms with Crippen molar-refractivity contribution < 1.29 is 17.2 Å². The first-order valence-electron chi connectivity index (χ1n) is 6.38. The highest BCUT2D eigenvalue weighted by molar-refractivity contribution is 7.80. The molecule has 6 heteroatoms. The minimum Gasteiger partial charge on any atom is -0.330 e. The molecule has 104 valence electrons. The van der Waals surface area contributed by atoms with E-state index >= 15 is 0 Å². The lowest BCUT2D eigenvalue weighted by atomic mass is 10.1. The molecular weight excluding hydrogens is 242 g/mol. The number of hydrogen-bond donors (Lipinski definition) is 2. The Bertz CT molecular complexity index is 254. The smallest absolute Gasteiger partial charge is 0.330 e. The molecule has 0 bridgehead atoms. The average molecular weight is 267 g/mol. The van der Waals surface area contributed by atoms with E-state index in [2.05, 4.69) is 4.18 Å². The third-order valence-electron chi connectivity index (χ3n) is 2.58. The summed E-state index contributed by atoms with van der Waals surface area (Å²) < 4.78 is 33.0. The van der Waals surface area contributed by atoms with Crippen LogP contribution in [-0.2, 0) is 14.6 Å². The van der Waals surface area contributed by atoms with Gasteiger partial charge in [-0.2, -0.15) is 8.42 Å². The summed E-state index contributed by atoms with van der Waals surface area (Å²) in [6.45, 7) is 0.864. The first-order chi connectivity index (χ1) is 8.06. The van der Waals surface area contributed by atoms with Crippen molar-refractivity contribution in [3.63, 3.8) is 0 Å². The standard InChI is InChI=1S/C11H25NO4S/c12-10-8-6-4-2-1-3-5-7-9-11-16-17(13,14)15/h1-12H2,(H,13,14,15). The van der Waals surface area contributed by atoms with Gasteiger partial charge in [-0.3, -0.25) is 4.55 Å². The zero-order chi connectivity index (χ0) is 13.0. The average Bonchev–Trinajstić information content (AvgIpc) is 2.24. The van der Waals surface area contributed by atoms with E-state index in [1.807, 2.05) is 0 Å². The van der Waals surface area contributed by atoms with Crippen LogP contribution in [0.15, 0.2) is 0 Å². The normalized spacial score (nSPS) is 11.9. The zero-order valence-electron chi connectivity index (χ0n) is 10.4. The second kappa shape index (κ2) is 11.0. The van der Waals surface area contributed by atoms with Crippen molar-refractivity contribution in [1.82, 2.24) is 0 Å². The highest BCUT2D eigenvalue weighted by Crippen LogP contribution is 2.09. The van der Waals surface area contributed by atoms with Gasteiger partial charge in [-0.05, 0) is 19.4 Å². The van der Waals surface area contributed by atoms with Crippen LogP contribution in [0.5, 0.6) is 0 Å². The predicted octanol–water partition coefficient (Wildman–Crippen LogP) is 2.28. The molecule has 17 heavy (non-hydrogen) atoms. The van der Waals surface area contributed by atoms with Crippen molar-refractivity contribution in [2.45, 2.75) is 57.8 Å². The molecule has 0 aromatic heterocycles. The third-order valence-corrected chi connectivity index (χ3v) is 3.05. The highest BCUT2D eigenvalue weighted by Gasteiger charge is 2.02. The summed E-state index contributed by atoms with van der Waals surface area (Å²) in [6, 6.07) is 0. The van der Waals surface area contributed by atoms with Crippen molar-refractivity contribution in [2.75, 3.05) is 13.2 Å². The maximum atomic E-state index is 10.2. The lowest BCUT2D eigenvalue weighted by Gasteiger charge is -2.02. The summed E-state index contributed by atoms with van der Waals surface area (Å²) in [5.41, 5.74) is 5.40. The van der Waals surface area contributed by atoms with Gasteiger partial charge >= 0.3 is 10.4 Å². The van der Waals surface area contributed by atoms with Crippen molar-refractivity contribution in [3.8, 4) is 0 Å². The fourth-order valence-electron chi connectivity index (χ4n) is 1.65. The Morgan fingerprint density at radius 2 is 1.24 bits per heavy atom. The molecule has 0 heterocycles. The fraction of sp³-hybridized carbons (Fsp3) is 1.00. The number of rotatable bonds is 12. The topological polar surface area (TPSA) is 89.6 Å². The van der Waals surface area contributed by atoms with E-state index in [1.165, 1.54) is 32.1 Å². The van der Waals surface area contributed by atoms with Crippen LogP contribution in [0.1, 0.15) is 57.8 Å². The molecule has 0 rings (SSSR count). The molecule has 0 fully saturated rings. The van der Waals surface area contributed by atoms with Crippen molar-refractivity contribution in [1.29, 1.82) is 0 Å². The summed E-state index contributed by atoms with van der Waals surface area (Å²) >= 11 is 0. The van der Waals surface area contributed by atoms with Crippen LogP contribution in [0.2, 0.25) is 0 Å². The maximum absolute atomic E-state index is 10.2. The minimum atomic E-state index is -4.24. The molecule has 0 radical (unpaired) electrons. The molecule has 0 aliphatic heterocycles. The number of hydrogen-bond acceptors (Lipinski definition) is 4. The summed E-state index contributed by atoms with van der Waals surface area (Å²) in [6.07, 6.45) is 9.95. The van der Waals surface area contributed by atoms with Gasteiger partial charge in [-0.15, -0.1) is 0 Å². The van der Waals surface area contributed by atoms with Gasteiger partial charge in [-0.1, -0.05) is 44.9 Å². The summed E-state index contributed by atoms with van der Waals surface area (Å²) in [4.78, 5) is 0. The molecule has 0 aliphatic carbocycles. The van der Waals surface area contributed by atoms with Gasteiger partial charge < -0.3 is 5.73 Å². The molecular formula is C11H25NO4S. The Hall–Kier alpha value is -0.170. The number of unbranched alkanes of at least 4 members (excludes halogenated alkanes) is 8. The Morgan fingerprint density at radius 1 is 0.824 bits per heavy atom. The molecule has 5 nitrogen and oxygen atoms in total. The lowest BCUT2D eigenvalue weighted by Crippen LogP contribution is -2.04. The summed E-state index contributed by atoms with van der Waals surface area (Å²) in [7, 11) is -4.24. The number of nitrogens with two attached hydrogens (primary N) is 1. The quantitative estimate of drug-likeness (QED) is 0.418. The van der Waals surface area contributed by atoms with E-state index in [-0.39, 0.29) is 6.61 Å². The lowest BCUT2D eigenvalue weighted by molar-refractivity contribution is 0.261. The predicted molar refractivity (Wildman–Crippen MR) is 68.1 cm³/mol. The van der Waals surface area contributed by atoms with E-state index in [0.717, 1.165) is 25.8 Å². The molecule has 0 spiro atoms. The van der Waals surface area contributed by atoms with E-state index in [1.54, 1.807) is 0 Å². The second-order valence-electron chi connectivity index (χ2n) is 4.22. The molecule has 3 N–H and O–H groups in total. The fourth-order valence-corrected chi connectivity index (χ4v) is 1.98. The van der Waals surface area contributed by atoms with Crippen LogP contribution >= 0.6 is 0 Å². The SMILES string of the molecule is NCCCCCCCCCCCOS(=O)(=O)O. The van der Waals surface area contributed by atoms with Crippen LogP contribution in [-0.4, -0.2) is 26.1 Å². The Balaban J connectivity index is 3.04. The van der Waals surface area contributed by atoms with Crippen molar-refractivity contribution in [3.05, 3.63) is 0 Å². The molecule has 0 atom stereocenters. The van der Waals surface area contributed by atoms with Gasteiger partial charge in [0.25, 0.3) is 0 Å². The van der Waals surface area contributed by atoms with Gasteiger partial charge in [0.05, 0.1) is 6.61 Å². The van der Waals surface area contributed by atoms with Crippen molar-refractivity contribution in [2.24, 2.45) is 5.73 Å².